The first-order valence-electron chi connectivity index (χ1n) is 11.9. The van der Waals surface area contributed by atoms with Crippen molar-refractivity contribution in [1.82, 2.24) is 9.88 Å². The standard InChI is InChI=1S/C26H29F3N4O/c27-26(28,29)24-10-23(6-5-21(24)11-30)33-14-22-7-9-32(13-20-2-1-8-31-12-20)16-25(22,17-33)18-34-15-19-3-4-19/h1-2,5-6,8,10,12,19,22H,3-4,7,9,13-18H2. The average Bonchev–Trinajstić information content (AvgIpc) is 3.57. The van der Waals surface area contributed by atoms with Crippen molar-refractivity contribution in [2.75, 3.05) is 44.3 Å². The Hall–Kier alpha value is -2.63. The molecule has 3 fully saturated rings. The first-order chi connectivity index (χ1) is 16.4. The second-order valence-corrected chi connectivity index (χ2v) is 10.1. The van der Waals surface area contributed by atoms with Gasteiger partial charge in [-0.1, -0.05) is 6.07 Å². The van der Waals surface area contributed by atoms with E-state index in [-0.39, 0.29) is 11.0 Å². The van der Waals surface area contributed by atoms with Crippen LogP contribution in [-0.4, -0.2) is 49.3 Å². The fourth-order valence-corrected chi connectivity index (χ4v) is 5.54. The van der Waals surface area contributed by atoms with E-state index in [4.69, 9.17) is 10.00 Å². The summed E-state index contributed by atoms with van der Waals surface area (Å²) >= 11 is 0. The zero-order chi connectivity index (χ0) is 23.8. The van der Waals surface area contributed by atoms with E-state index in [1.165, 1.54) is 18.9 Å². The largest absolute Gasteiger partial charge is 0.417 e. The van der Waals surface area contributed by atoms with Crippen molar-refractivity contribution in [3.05, 3.63) is 59.4 Å². The number of rotatable bonds is 7. The number of alkyl halides is 3. The lowest BCUT2D eigenvalue weighted by atomic mass is 9.74. The van der Waals surface area contributed by atoms with Crippen LogP contribution in [0.25, 0.3) is 0 Å². The van der Waals surface area contributed by atoms with E-state index < -0.39 is 11.7 Å². The third-order valence-electron chi connectivity index (χ3n) is 7.51. The van der Waals surface area contributed by atoms with Gasteiger partial charge in [-0.3, -0.25) is 9.88 Å². The van der Waals surface area contributed by atoms with Crippen LogP contribution >= 0.6 is 0 Å². The van der Waals surface area contributed by atoms with E-state index in [9.17, 15) is 13.2 Å². The molecule has 1 aliphatic carbocycles. The number of anilines is 1. The topological polar surface area (TPSA) is 52.4 Å². The molecule has 3 aliphatic rings. The number of benzene rings is 1. The Morgan fingerprint density at radius 1 is 1.18 bits per heavy atom. The van der Waals surface area contributed by atoms with Crippen molar-refractivity contribution < 1.29 is 17.9 Å². The summed E-state index contributed by atoms with van der Waals surface area (Å²) in [5, 5.41) is 9.15. The Bertz CT molecular complexity index is 1050. The van der Waals surface area contributed by atoms with E-state index >= 15 is 0 Å². The SMILES string of the molecule is N#Cc1ccc(N2CC3CCN(Cc4cccnc4)CC3(COCC3CC3)C2)cc1C(F)(F)F. The normalized spacial score (nSPS) is 25.2. The van der Waals surface area contributed by atoms with Gasteiger partial charge in [0.1, 0.15) is 0 Å². The molecule has 0 bridgehead atoms. The molecular formula is C26H29F3N4O. The highest BCUT2D eigenvalue weighted by atomic mass is 19.4. The lowest BCUT2D eigenvalue weighted by molar-refractivity contribution is -0.137. The lowest BCUT2D eigenvalue weighted by Gasteiger charge is -2.44. The molecule has 8 heteroatoms. The number of pyridine rings is 1. The highest BCUT2D eigenvalue weighted by molar-refractivity contribution is 5.56. The van der Waals surface area contributed by atoms with Gasteiger partial charge in [0.25, 0.3) is 0 Å². The summed E-state index contributed by atoms with van der Waals surface area (Å²) in [4.78, 5) is 8.72. The Balaban J connectivity index is 1.38. The molecule has 0 spiro atoms. The molecule has 1 aromatic carbocycles. The van der Waals surface area contributed by atoms with Crippen LogP contribution in [0.1, 0.15) is 36.0 Å². The van der Waals surface area contributed by atoms with Gasteiger partial charge < -0.3 is 9.64 Å². The van der Waals surface area contributed by atoms with Crippen LogP contribution in [0.2, 0.25) is 0 Å². The number of hydrogen-bond acceptors (Lipinski definition) is 5. The number of piperidine rings is 1. The minimum Gasteiger partial charge on any atom is -0.380 e. The summed E-state index contributed by atoms with van der Waals surface area (Å²) in [6.45, 7) is 5.34. The van der Waals surface area contributed by atoms with E-state index in [1.807, 2.05) is 12.3 Å². The fraction of sp³-hybridized carbons (Fsp3) is 0.538. The van der Waals surface area contributed by atoms with Crippen LogP contribution in [-0.2, 0) is 17.5 Å². The molecule has 3 heterocycles. The molecule has 1 aromatic heterocycles. The van der Waals surface area contributed by atoms with Crippen molar-refractivity contribution in [1.29, 1.82) is 5.26 Å². The van der Waals surface area contributed by atoms with Gasteiger partial charge in [-0.05, 0) is 67.5 Å². The quantitative estimate of drug-likeness (QED) is 0.586. The number of nitriles is 1. The number of fused-ring (bicyclic) bond motifs is 1. The van der Waals surface area contributed by atoms with E-state index in [1.54, 1.807) is 18.3 Å². The molecule has 2 unspecified atom stereocenters. The third kappa shape index (κ3) is 4.91. The lowest BCUT2D eigenvalue weighted by Crippen LogP contribution is -2.51. The van der Waals surface area contributed by atoms with E-state index in [2.05, 4.69) is 20.9 Å². The molecular weight excluding hydrogens is 441 g/mol. The van der Waals surface area contributed by atoms with Crippen molar-refractivity contribution in [3.8, 4) is 6.07 Å². The molecule has 180 valence electrons. The van der Waals surface area contributed by atoms with Gasteiger partial charge in [-0.2, -0.15) is 18.4 Å². The smallest absolute Gasteiger partial charge is 0.380 e. The monoisotopic (exact) mass is 470 g/mol. The van der Waals surface area contributed by atoms with Gasteiger partial charge in [-0.25, -0.2) is 0 Å². The van der Waals surface area contributed by atoms with Crippen LogP contribution in [0.5, 0.6) is 0 Å². The van der Waals surface area contributed by atoms with Crippen LogP contribution in [0.15, 0.2) is 42.7 Å². The zero-order valence-corrected chi connectivity index (χ0v) is 19.1. The van der Waals surface area contributed by atoms with E-state index in [0.29, 0.717) is 37.2 Å². The van der Waals surface area contributed by atoms with Crippen LogP contribution < -0.4 is 4.90 Å². The average molecular weight is 471 g/mol. The molecule has 5 rings (SSSR count). The van der Waals surface area contributed by atoms with Gasteiger partial charge in [0.2, 0.25) is 0 Å². The molecule has 5 nitrogen and oxygen atoms in total. The summed E-state index contributed by atoms with van der Waals surface area (Å²) in [7, 11) is 0. The van der Waals surface area contributed by atoms with Crippen molar-refractivity contribution >= 4 is 5.69 Å². The molecule has 34 heavy (non-hydrogen) atoms. The Morgan fingerprint density at radius 2 is 2.03 bits per heavy atom. The first-order valence-corrected chi connectivity index (χ1v) is 11.9. The van der Waals surface area contributed by atoms with Gasteiger partial charge in [0.15, 0.2) is 0 Å². The molecule has 2 aliphatic heterocycles. The maximum absolute atomic E-state index is 13.6. The predicted octanol–water partition coefficient (Wildman–Crippen LogP) is 4.73. The molecule has 0 amide bonds. The second-order valence-electron chi connectivity index (χ2n) is 10.1. The minimum atomic E-state index is -4.56. The van der Waals surface area contributed by atoms with Gasteiger partial charge in [0.05, 0.1) is 23.8 Å². The van der Waals surface area contributed by atoms with Crippen molar-refractivity contribution in [3.63, 3.8) is 0 Å². The van der Waals surface area contributed by atoms with Crippen LogP contribution in [0, 0.1) is 28.6 Å². The molecule has 0 radical (unpaired) electrons. The highest BCUT2D eigenvalue weighted by Gasteiger charge is 2.50. The highest BCUT2D eigenvalue weighted by Crippen LogP contribution is 2.45. The van der Waals surface area contributed by atoms with Crippen LogP contribution in [0.4, 0.5) is 18.9 Å². The Morgan fingerprint density at radius 3 is 2.74 bits per heavy atom. The summed E-state index contributed by atoms with van der Waals surface area (Å²) in [6.07, 6.45) is 2.52. The van der Waals surface area contributed by atoms with Crippen molar-refractivity contribution in [2.24, 2.45) is 17.3 Å². The van der Waals surface area contributed by atoms with Gasteiger partial charge in [0, 0.05) is 56.3 Å². The first kappa shape index (κ1) is 23.1. The van der Waals surface area contributed by atoms with Gasteiger partial charge in [-0.15, -0.1) is 0 Å². The molecule has 0 N–H and O–H groups in total. The Labute approximate surface area is 198 Å². The number of halogens is 3. The summed E-state index contributed by atoms with van der Waals surface area (Å²) in [6, 6.07) is 9.78. The van der Waals surface area contributed by atoms with E-state index in [0.717, 1.165) is 44.3 Å². The third-order valence-corrected chi connectivity index (χ3v) is 7.51. The Kier molecular flexibility index (Phi) is 6.26. The number of likely N-dealkylation sites (tertiary alicyclic amines) is 1. The maximum atomic E-state index is 13.6. The number of aromatic nitrogens is 1. The zero-order valence-electron chi connectivity index (χ0n) is 19.1. The number of nitrogens with zero attached hydrogens (tertiary/aromatic N) is 4. The predicted molar refractivity (Wildman–Crippen MR) is 122 cm³/mol. The minimum absolute atomic E-state index is 0.137. The fourth-order valence-electron chi connectivity index (χ4n) is 5.54. The molecule has 2 aromatic rings. The van der Waals surface area contributed by atoms with Crippen molar-refractivity contribution in [2.45, 2.75) is 32.0 Å². The molecule has 2 saturated heterocycles. The molecule has 1 saturated carbocycles. The summed E-state index contributed by atoms with van der Waals surface area (Å²) in [5.41, 5.74) is 0.354. The maximum Gasteiger partial charge on any atom is 0.417 e. The molecule has 2 atom stereocenters. The number of ether oxygens (including phenoxy) is 1. The summed E-state index contributed by atoms with van der Waals surface area (Å²) in [5.74, 6) is 1.01. The summed E-state index contributed by atoms with van der Waals surface area (Å²) < 4.78 is 46.9. The number of hydrogen-bond donors (Lipinski definition) is 0. The second kappa shape index (κ2) is 9.20. The van der Waals surface area contributed by atoms with Crippen LogP contribution in [0.3, 0.4) is 0 Å². The van der Waals surface area contributed by atoms with Gasteiger partial charge >= 0.3 is 6.18 Å².